The maximum atomic E-state index is 10.0. The van der Waals surface area contributed by atoms with Crippen LogP contribution in [0.2, 0.25) is 0 Å². The van der Waals surface area contributed by atoms with Crippen molar-refractivity contribution in [2.24, 2.45) is 0 Å². The number of allylic oxidation sites excluding steroid dienone is 4. The van der Waals surface area contributed by atoms with Crippen LogP contribution in [0.5, 0.6) is 0 Å². The normalized spacial score (nSPS) is 10.4. The van der Waals surface area contributed by atoms with Gasteiger partial charge in [0.05, 0.1) is 6.42 Å². The van der Waals surface area contributed by atoms with Crippen LogP contribution in [0.15, 0.2) is 18.2 Å². The number of ketones is 2. The smallest absolute Gasteiger partial charge is 0.137 e. The molecule has 0 bridgehead atoms. The Kier molecular flexibility index (Phi) is 17.8. The summed E-state index contributed by atoms with van der Waals surface area (Å²) in [6.45, 7) is 2.81. The molecule has 0 unspecified atom stereocenters. The fourth-order valence-corrected chi connectivity index (χ4v) is 0.691. The van der Waals surface area contributed by atoms with Crippen LogP contribution >= 0.6 is 0 Å². The first-order chi connectivity index (χ1) is 5.63. The molecule has 1 aliphatic carbocycles. The quantitative estimate of drug-likeness (QED) is 0.572. The molecule has 0 aliphatic heterocycles. The summed E-state index contributed by atoms with van der Waals surface area (Å²) in [4.78, 5) is 20.1. The monoisotopic (exact) mass is 283 g/mol. The van der Waals surface area contributed by atoms with Crippen molar-refractivity contribution in [1.82, 2.24) is 0 Å². The summed E-state index contributed by atoms with van der Waals surface area (Å²) < 4.78 is 0. The largest absolute Gasteiger partial charge is 0.300 e. The van der Waals surface area contributed by atoms with Crippen molar-refractivity contribution in [3.8, 4) is 0 Å². The first-order valence-corrected chi connectivity index (χ1v) is 3.83. The number of hydrogen-bond acceptors (Lipinski definition) is 2. The standard InChI is InChI=1S/C5H8O2.C5H5.2Co/c1-4(6)3-5(2)7;1-2-4-5-3-1;;/h3H2,1-2H3;1-3H,4H2;;/q;-1;;. The minimum absolute atomic E-state index is 0. The van der Waals surface area contributed by atoms with Gasteiger partial charge in [-0.1, -0.05) is 0 Å². The summed E-state index contributed by atoms with van der Waals surface area (Å²) in [5, 5.41) is 0. The number of carbonyl (C=O) groups is 2. The predicted molar refractivity (Wildman–Crippen MR) is 47.5 cm³/mol. The van der Waals surface area contributed by atoms with Crippen LogP contribution < -0.4 is 0 Å². The molecule has 0 heterocycles. The number of hydrogen-bond donors (Lipinski definition) is 0. The van der Waals surface area contributed by atoms with Gasteiger partial charge in [-0.15, -0.1) is 6.42 Å². The molecular weight excluding hydrogens is 270 g/mol. The molecule has 0 atom stereocenters. The van der Waals surface area contributed by atoms with Crippen LogP contribution in [-0.2, 0) is 43.1 Å². The van der Waals surface area contributed by atoms with Gasteiger partial charge in [-0.25, -0.2) is 12.2 Å². The molecule has 1 rings (SSSR count). The van der Waals surface area contributed by atoms with Gasteiger partial charge in [0.1, 0.15) is 11.6 Å². The summed E-state index contributed by atoms with van der Waals surface area (Å²) in [5.74, 6) is -0.125. The Morgan fingerprint density at radius 3 is 1.79 bits per heavy atom. The SMILES string of the molecule is CC(=O)CC(C)=O.[C-]1=CC=CC1.[Co].[Co]. The van der Waals surface area contributed by atoms with Crippen molar-refractivity contribution in [1.29, 1.82) is 0 Å². The van der Waals surface area contributed by atoms with E-state index >= 15 is 0 Å². The molecule has 4 heteroatoms. The number of Topliss-reactive ketones (excluding diaryl/α,β-unsaturated/α-hetero) is 2. The molecule has 0 spiro atoms. The summed E-state index contributed by atoms with van der Waals surface area (Å²) in [6.07, 6.45) is 10.1. The molecule has 0 aromatic heterocycles. The van der Waals surface area contributed by atoms with Crippen LogP contribution in [-0.4, -0.2) is 11.6 Å². The van der Waals surface area contributed by atoms with E-state index in [0.717, 1.165) is 6.42 Å². The van der Waals surface area contributed by atoms with Gasteiger partial charge in [-0.3, -0.25) is 15.7 Å². The van der Waals surface area contributed by atoms with E-state index in [1.165, 1.54) is 13.8 Å². The van der Waals surface area contributed by atoms with Gasteiger partial charge in [-0.05, 0) is 13.8 Å². The average molecular weight is 283 g/mol. The first kappa shape index (κ1) is 19.4. The van der Waals surface area contributed by atoms with E-state index in [1.807, 2.05) is 12.2 Å². The van der Waals surface area contributed by atoms with Crippen molar-refractivity contribution in [3.05, 3.63) is 24.3 Å². The molecule has 2 nitrogen and oxygen atoms in total. The van der Waals surface area contributed by atoms with Crippen molar-refractivity contribution < 1.29 is 43.1 Å². The molecule has 0 aromatic rings. The molecule has 1 aliphatic rings. The number of carbonyl (C=O) groups excluding carboxylic acids is 2. The second kappa shape index (κ2) is 12.8. The molecule has 0 aromatic carbocycles. The van der Waals surface area contributed by atoms with E-state index < -0.39 is 0 Å². The molecule has 0 N–H and O–H groups in total. The van der Waals surface area contributed by atoms with E-state index in [1.54, 1.807) is 0 Å². The van der Waals surface area contributed by atoms with Gasteiger partial charge in [0.25, 0.3) is 0 Å². The van der Waals surface area contributed by atoms with Gasteiger partial charge < -0.3 is 0 Å². The Morgan fingerprint density at radius 1 is 1.21 bits per heavy atom. The Hall–Kier alpha value is -0.167. The molecule has 2 radical (unpaired) electrons. The zero-order valence-electron chi connectivity index (χ0n) is 8.13. The average Bonchev–Trinajstić information content (AvgIpc) is 2.36. The Bertz CT molecular complexity index is 198. The molecular formula is C10H13Co2O2-. The Morgan fingerprint density at radius 2 is 1.71 bits per heavy atom. The summed E-state index contributed by atoms with van der Waals surface area (Å²) >= 11 is 0. The molecule has 84 valence electrons. The van der Waals surface area contributed by atoms with Crippen molar-refractivity contribution >= 4 is 11.6 Å². The zero-order chi connectivity index (χ0) is 9.40. The van der Waals surface area contributed by atoms with Gasteiger partial charge in [0, 0.05) is 33.6 Å². The Balaban J connectivity index is -0.000000155. The minimum atomic E-state index is -0.0625. The van der Waals surface area contributed by atoms with E-state index in [4.69, 9.17) is 0 Å². The molecule has 14 heavy (non-hydrogen) atoms. The van der Waals surface area contributed by atoms with Gasteiger partial charge in [-0.2, -0.15) is 6.08 Å². The third-order valence-corrected chi connectivity index (χ3v) is 1.08. The van der Waals surface area contributed by atoms with Crippen molar-refractivity contribution in [2.75, 3.05) is 0 Å². The molecule has 0 saturated carbocycles. The second-order valence-corrected chi connectivity index (χ2v) is 2.58. The third kappa shape index (κ3) is 17.8. The van der Waals surface area contributed by atoms with Gasteiger partial charge in [0.2, 0.25) is 0 Å². The second-order valence-electron chi connectivity index (χ2n) is 2.58. The van der Waals surface area contributed by atoms with Crippen LogP contribution in [0.1, 0.15) is 26.7 Å². The molecule has 0 amide bonds. The fourth-order valence-electron chi connectivity index (χ4n) is 0.691. The summed E-state index contributed by atoms with van der Waals surface area (Å²) in [5.41, 5.74) is 0. The van der Waals surface area contributed by atoms with Crippen molar-refractivity contribution in [3.63, 3.8) is 0 Å². The fraction of sp³-hybridized carbons (Fsp3) is 0.400. The van der Waals surface area contributed by atoms with Crippen molar-refractivity contribution in [2.45, 2.75) is 26.7 Å². The van der Waals surface area contributed by atoms with E-state index in [9.17, 15) is 9.59 Å². The summed E-state index contributed by atoms with van der Waals surface area (Å²) in [6, 6.07) is 0. The predicted octanol–water partition coefficient (Wildman–Crippen LogP) is 1.86. The van der Waals surface area contributed by atoms with Gasteiger partial charge in [0.15, 0.2) is 0 Å². The molecule has 0 fully saturated rings. The van der Waals surface area contributed by atoms with Crippen LogP contribution in [0.25, 0.3) is 0 Å². The van der Waals surface area contributed by atoms with Crippen LogP contribution in [0, 0.1) is 6.08 Å². The maximum Gasteiger partial charge on any atom is 0.137 e. The molecule has 0 saturated heterocycles. The maximum absolute atomic E-state index is 10.0. The zero-order valence-corrected chi connectivity index (χ0v) is 10.2. The number of rotatable bonds is 2. The van der Waals surface area contributed by atoms with Crippen LogP contribution in [0.4, 0.5) is 0 Å². The van der Waals surface area contributed by atoms with E-state index in [2.05, 4.69) is 12.2 Å². The van der Waals surface area contributed by atoms with Crippen LogP contribution in [0.3, 0.4) is 0 Å². The minimum Gasteiger partial charge on any atom is -0.300 e. The van der Waals surface area contributed by atoms with E-state index in [0.29, 0.717) is 0 Å². The Labute approximate surface area is 106 Å². The first-order valence-electron chi connectivity index (χ1n) is 3.83. The van der Waals surface area contributed by atoms with E-state index in [-0.39, 0.29) is 51.5 Å². The third-order valence-electron chi connectivity index (χ3n) is 1.08. The topological polar surface area (TPSA) is 34.1 Å². The van der Waals surface area contributed by atoms with Gasteiger partial charge >= 0.3 is 0 Å². The summed E-state index contributed by atoms with van der Waals surface area (Å²) in [7, 11) is 0.